The summed E-state index contributed by atoms with van der Waals surface area (Å²) in [6.07, 6.45) is 2.99. The van der Waals surface area contributed by atoms with Gasteiger partial charge in [-0.1, -0.05) is 39.0 Å². The summed E-state index contributed by atoms with van der Waals surface area (Å²) in [6, 6.07) is 12.6. The highest BCUT2D eigenvalue weighted by molar-refractivity contribution is 7.15. The van der Waals surface area contributed by atoms with Crippen LogP contribution in [0.15, 0.2) is 60.9 Å². The maximum atomic E-state index is 14.7. The van der Waals surface area contributed by atoms with Crippen molar-refractivity contribution in [1.82, 2.24) is 19.4 Å². The Hall–Kier alpha value is -4.38. The third-order valence-electron chi connectivity index (χ3n) is 6.78. The van der Waals surface area contributed by atoms with Gasteiger partial charge in [-0.3, -0.25) is 29.1 Å². The first-order valence-corrected chi connectivity index (χ1v) is 13.6. The van der Waals surface area contributed by atoms with Crippen LogP contribution in [0.25, 0.3) is 10.9 Å². The summed E-state index contributed by atoms with van der Waals surface area (Å²) >= 11 is 1.33. The predicted molar refractivity (Wildman–Crippen MR) is 150 cm³/mol. The molecule has 0 atom stereocenters. The molecule has 0 saturated carbocycles. The first-order valence-electron chi connectivity index (χ1n) is 12.8. The Morgan fingerprint density at radius 1 is 0.900 bits per heavy atom. The average molecular weight is 562 g/mol. The van der Waals surface area contributed by atoms with E-state index in [9.17, 15) is 23.6 Å². The first kappa shape index (κ1) is 27.2. The lowest BCUT2D eigenvalue weighted by molar-refractivity contribution is -0.128. The van der Waals surface area contributed by atoms with Crippen LogP contribution in [-0.4, -0.2) is 69.2 Å². The number of amides is 3. The van der Waals surface area contributed by atoms with E-state index in [2.05, 4.69) is 10.3 Å². The SMILES string of the molecule is CC(C)(C)c1cnc(NC(=O)c2ccc(F)c3ccn(C(=O)C(=O)N4CCN(C(=O)c5ccccc5)CC4)c23)s1. The van der Waals surface area contributed by atoms with E-state index in [1.54, 1.807) is 35.4 Å². The summed E-state index contributed by atoms with van der Waals surface area (Å²) in [5.74, 6) is -3.05. The van der Waals surface area contributed by atoms with E-state index < -0.39 is 23.5 Å². The van der Waals surface area contributed by atoms with Crippen LogP contribution in [0.1, 0.15) is 51.2 Å². The van der Waals surface area contributed by atoms with Crippen LogP contribution in [0, 0.1) is 5.82 Å². The first-order chi connectivity index (χ1) is 19.0. The number of halogens is 1. The number of hydrogen-bond donors (Lipinski definition) is 1. The second kappa shape index (κ2) is 10.6. The highest BCUT2D eigenvalue weighted by atomic mass is 32.1. The topological polar surface area (TPSA) is 105 Å². The molecule has 0 bridgehead atoms. The molecule has 1 fully saturated rings. The Balaban J connectivity index is 1.34. The number of rotatable bonds is 3. The number of nitrogens with one attached hydrogen (secondary N) is 1. The molecule has 1 N–H and O–H groups in total. The average Bonchev–Trinajstić information content (AvgIpc) is 3.61. The van der Waals surface area contributed by atoms with Crippen LogP contribution < -0.4 is 5.32 Å². The number of carbonyl (C=O) groups excluding carboxylic acids is 4. The molecule has 11 heteroatoms. The van der Waals surface area contributed by atoms with Crippen molar-refractivity contribution in [1.29, 1.82) is 0 Å². The Labute approximate surface area is 234 Å². The third kappa shape index (κ3) is 5.24. The van der Waals surface area contributed by atoms with Gasteiger partial charge >= 0.3 is 11.8 Å². The number of anilines is 1. The van der Waals surface area contributed by atoms with Crippen molar-refractivity contribution in [2.75, 3.05) is 31.5 Å². The Morgan fingerprint density at radius 2 is 1.57 bits per heavy atom. The number of aromatic nitrogens is 2. The molecule has 1 aliphatic rings. The van der Waals surface area contributed by atoms with Crippen LogP contribution in [-0.2, 0) is 10.2 Å². The molecule has 0 aliphatic carbocycles. The van der Waals surface area contributed by atoms with E-state index >= 15 is 0 Å². The molecular formula is C29H28FN5O4S. The summed E-state index contributed by atoms with van der Waals surface area (Å²) in [7, 11) is 0. The molecule has 40 heavy (non-hydrogen) atoms. The minimum Gasteiger partial charge on any atom is -0.335 e. The molecule has 0 unspecified atom stereocenters. The van der Waals surface area contributed by atoms with Crippen molar-refractivity contribution >= 4 is 51.0 Å². The van der Waals surface area contributed by atoms with E-state index in [-0.39, 0.29) is 54.0 Å². The van der Waals surface area contributed by atoms with Crippen LogP contribution in [0.5, 0.6) is 0 Å². The summed E-state index contributed by atoms with van der Waals surface area (Å²) in [5.41, 5.74) is 0.443. The van der Waals surface area contributed by atoms with Gasteiger partial charge in [0.05, 0.1) is 11.1 Å². The van der Waals surface area contributed by atoms with Gasteiger partial charge in [-0.05, 0) is 35.7 Å². The second-order valence-electron chi connectivity index (χ2n) is 10.5. The van der Waals surface area contributed by atoms with Crippen molar-refractivity contribution < 1.29 is 23.6 Å². The number of piperazine rings is 1. The minimum atomic E-state index is -0.915. The molecule has 0 radical (unpaired) electrons. The molecule has 9 nitrogen and oxygen atoms in total. The van der Waals surface area contributed by atoms with E-state index in [0.29, 0.717) is 10.7 Å². The number of hydrogen-bond acceptors (Lipinski definition) is 6. The molecule has 3 amide bonds. The van der Waals surface area contributed by atoms with E-state index in [1.807, 2.05) is 26.8 Å². The Morgan fingerprint density at radius 3 is 2.23 bits per heavy atom. The lowest BCUT2D eigenvalue weighted by atomic mass is 9.96. The standard InChI is InChI=1S/C29H28FN5O4S/c1-29(2,3)22-17-31-28(40-22)32-24(36)20-9-10-21(30)19-11-12-35(23(19)20)27(39)26(38)34-15-13-33(14-16-34)25(37)18-7-5-4-6-8-18/h4-12,17H,13-16H2,1-3H3,(H,31,32,36). The molecule has 206 valence electrons. The number of nitrogens with zero attached hydrogens (tertiary/aromatic N) is 4. The van der Waals surface area contributed by atoms with Gasteiger partial charge in [-0.15, -0.1) is 11.3 Å². The molecule has 2 aromatic heterocycles. The zero-order valence-electron chi connectivity index (χ0n) is 22.3. The molecule has 1 aliphatic heterocycles. The van der Waals surface area contributed by atoms with Crippen LogP contribution in [0.4, 0.5) is 9.52 Å². The largest absolute Gasteiger partial charge is 0.335 e. The summed E-state index contributed by atoms with van der Waals surface area (Å²) < 4.78 is 15.7. The van der Waals surface area contributed by atoms with Gasteiger partial charge in [0, 0.05) is 54.4 Å². The van der Waals surface area contributed by atoms with Crippen molar-refractivity contribution in [3.8, 4) is 0 Å². The number of carbonyl (C=O) groups is 4. The van der Waals surface area contributed by atoms with Crippen molar-refractivity contribution in [2.24, 2.45) is 0 Å². The van der Waals surface area contributed by atoms with Gasteiger partial charge in [0.2, 0.25) is 0 Å². The van der Waals surface area contributed by atoms with Gasteiger partial charge in [0.25, 0.3) is 11.8 Å². The van der Waals surface area contributed by atoms with E-state index in [0.717, 1.165) is 15.5 Å². The van der Waals surface area contributed by atoms with Crippen LogP contribution in [0.3, 0.4) is 0 Å². The quantitative estimate of drug-likeness (QED) is 0.373. The fourth-order valence-electron chi connectivity index (χ4n) is 4.53. The van der Waals surface area contributed by atoms with Gasteiger partial charge in [0.15, 0.2) is 5.13 Å². The smallest absolute Gasteiger partial charge is 0.320 e. The van der Waals surface area contributed by atoms with Crippen LogP contribution >= 0.6 is 11.3 Å². The van der Waals surface area contributed by atoms with Gasteiger partial charge in [-0.2, -0.15) is 0 Å². The monoisotopic (exact) mass is 561 g/mol. The zero-order valence-corrected chi connectivity index (χ0v) is 23.1. The number of benzene rings is 2. The molecular weight excluding hydrogens is 533 g/mol. The molecule has 2 aromatic carbocycles. The fraction of sp³-hybridized carbons (Fsp3) is 0.276. The fourth-order valence-corrected chi connectivity index (χ4v) is 5.40. The van der Waals surface area contributed by atoms with Gasteiger partial charge in [0.1, 0.15) is 5.82 Å². The zero-order chi connectivity index (χ0) is 28.6. The highest BCUT2D eigenvalue weighted by Gasteiger charge is 2.31. The van der Waals surface area contributed by atoms with Crippen molar-refractivity contribution in [3.05, 3.63) is 82.7 Å². The maximum absolute atomic E-state index is 14.7. The Kier molecular flexibility index (Phi) is 7.24. The second-order valence-corrected chi connectivity index (χ2v) is 11.6. The summed E-state index contributed by atoms with van der Waals surface area (Å²) in [5, 5.41) is 3.14. The normalized spacial score (nSPS) is 13.9. The lowest BCUT2D eigenvalue weighted by Crippen LogP contribution is -2.52. The van der Waals surface area contributed by atoms with Gasteiger partial charge in [-0.25, -0.2) is 9.37 Å². The van der Waals surface area contributed by atoms with E-state index in [4.69, 9.17) is 0 Å². The minimum absolute atomic E-state index is 0.00124. The molecule has 3 heterocycles. The van der Waals surface area contributed by atoms with Crippen LogP contribution in [0.2, 0.25) is 0 Å². The third-order valence-corrected chi connectivity index (χ3v) is 8.12. The molecule has 0 spiro atoms. The summed E-state index contributed by atoms with van der Waals surface area (Å²) in [4.78, 5) is 60.7. The molecule has 4 aromatic rings. The predicted octanol–water partition coefficient (Wildman–Crippen LogP) is 4.41. The van der Waals surface area contributed by atoms with Crippen molar-refractivity contribution in [2.45, 2.75) is 26.2 Å². The lowest BCUT2D eigenvalue weighted by Gasteiger charge is -2.34. The highest BCUT2D eigenvalue weighted by Crippen LogP contribution is 2.31. The van der Waals surface area contributed by atoms with E-state index in [1.165, 1.54) is 34.6 Å². The Bertz CT molecular complexity index is 1610. The van der Waals surface area contributed by atoms with Crippen molar-refractivity contribution in [3.63, 3.8) is 0 Å². The molecule has 1 saturated heterocycles. The van der Waals surface area contributed by atoms with Gasteiger partial charge < -0.3 is 9.80 Å². The molecule has 5 rings (SSSR count). The summed E-state index contributed by atoms with van der Waals surface area (Å²) in [6.45, 7) is 6.98. The maximum Gasteiger partial charge on any atom is 0.320 e. The number of thiazole rings is 1. The number of fused-ring (bicyclic) bond motifs is 1.